The van der Waals surface area contributed by atoms with Crippen LogP contribution < -0.4 is 10.1 Å². The van der Waals surface area contributed by atoms with Crippen molar-refractivity contribution in [2.75, 3.05) is 13.3 Å². The van der Waals surface area contributed by atoms with Gasteiger partial charge in [-0.15, -0.1) is 0 Å². The second-order valence-corrected chi connectivity index (χ2v) is 4.65. The van der Waals surface area contributed by atoms with E-state index in [1.807, 2.05) is 6.92 Å². The fraction of sp³-hybridized carbons (Fsp3) is 0.429. The summed E-state index contributed by atoms with van der Waals surface area (Å²) < 4.78 is 14.4. The van der Waals surface area contributed by atoms with E-state index in [1.54, 1.807) is 25.1 Å². The standard InChI is InChI=1S/C14H18ClNO5/c1-3-4-7-19-14(18)20-9-16-13(17)21-12-6-5-11(15)8-10(12)2/h5-6,8H,3-4,7,9H2,1-2H3,(H,16,17). The fourth-order valence-corrected chi connectivity index (χ4v) is 1.59. The Morgan fingerprint density at radius 1 is 1.29 bits per heavy atom. The number of aryl methyl sites for hydroxylation is 1. The number of carbonyl (C=O) groups is 2. The number of hydrogen-bond acceptors (Lipinski definition) is 5. The van der Waals surface area contributed by atoms with E-state index in [-0.39, 0.29) is 6.73 Å². The highest BCUT2D eigenvalue weighted by Crippen LogP contribution is 2.21. The van der Waals surface area contributed by atoms with Crippen LogP contribution in [0.25, 0.3) is 0 Å². The third-order valence-electron chi connectivity index (χ3n) is 2.46. The Kier molecular flexibility index (Phi) is 7.39. The molecule has 0 aliphatic rings. The molecule has 0 unspecified atom stereocenters. The van der Waals surface area contributed by atoms with Crippen molar-refractivity contribution in [3.8, 4) is 5.75 Å². The molecule has 0 fully saturated rings. The van der Waals surface area contributed by atoms with Crippen LogP contribution in [0.5, 0.6) is 5.75 Å². The molecule has 116 valence electrons. The van der Waals surface area contributed by atoms with Crippen molar-refractivity contribution in [2.45, 2.75) is 26.7 Å². The number of carbonyl (C=O) groups excluding carboxylic acids is 2. The Morgan fingerprint density at radius 2 is 2.05 bits per heavy atom. The van der Waals surface area contributed by atoms with Gasteiger partial charge >= 0.3 is 12.2 Å². The van der Waals surface area contributed by atoms with Crippen LogP contribution in [0.2, 0.25) is 5.02 Å². The zero-order valence-electron chi connectivity index (χ0n) is 12.0. The SMILES string of the molecule is CCCCOC(=O)OCNC(=O)Oc1ccc(Cl)cc1C. The average molecular weight is 316 g/mol. The van der Waals surface area contributed by atoms with Gasteiger partial charge in [-0.2, -0.15) is 0 Å². The van der Waals surface area contributed by atoms with Crippen molar-refractivity contribution in [3.05, 3.63) is 28.8 Å². The monoisotopic (exact) mass is 315 g/mol. The highest BCUT2D eigenvalue weighted by atomic mass is 35.5. The van der Waals surface area contributed by atoms with Crippen LogP contribution in [0.15, 0.2) is 18.2 Å². The second-order valence-electron chi connectivity index (χ2n) is 4.22. The lowest BCUT2D eigenvalue weighted by molar-refractivity contribution is 0.0497. The van der Waals surface area contributed by atoms with E-state index in [4.69, 9.17) is 21.1 Å². The summed E-state index contributed by atoms with van der Waals surface area (Å²) in [5.41, 5.74) is 0.720. The Balaban J connectivity index is 2.26. The van der Waals surface area contributed by atoms with E-state index < -0.39 is 12.2 Å². The normalized spacial score (nSPS) is 9.86. The fourth-order valence-electron chi connectivity index (χ4n) is 1.36. The predicted molar refractivity (Wildman–Crippen MR) is 77.6 cm³/mol. The summed E-state index contributed by atoms with van der Waals surface area (Å²) in [7, 11) is 0. The molecular formula is C14H18ClNO5. The molecule has 0 saturated heterocycles. The average Bonchev–Trinajstić information content (AvgIpc) is 2.42. The molecule has 0 saturated carbocycles. The molecule has 0 aromatic heterocycles. The summed E-state index contributed by atoms with van der Waals surface area (Å²) in [6.07, 6.45) is 0.117. The van der Waals surface area contributed by atoms with E-state index in [0.717, 1.165) is 18.4 Å². The Morgan fingerprint density at radius 3 is 2.71 bits per heavy atom. The number of nitrogens with one attached hydrogen (secondary N) is 1. The van der Waals surface area contributed by atoms with Crippen LogP contribution in [0, 0.1) is 6.92 Å². The minimum Gasteiger partial charge on any atom is -0.434 e. The van der Waals surface area contributed by atoms with Crippen LogP contribution in [-0.4, -0.2) is 25.6 Å². The summed E-state index contributed by atoms with van der Waals surface area (Å²) in [5, 5.41) is 2.83. The molecule has 7 heteroatoms. The summed E-state index contributed by atoms with van der Waals surface area (Å²) in [6.45, 7) is 3.71. The third kappa shape index (κ3) is 6.85. The van der Waals surface area contributed by atoms with E-state index >= 15 is 0 Å². The Hall–Kier alpha value is -1.95. The zero-order chi connectivity index (χ0) is 15.7. The number of unbranched alkanes of at least 4 members (excludes halogenated alkanes) is 1. The van der Waals surface area contributed by atoms with Gasteiger partial charge in [0.15, 0.2) is 6.73 Å². The van der Waals surface area contributed by atoms with Crippen LogP contribution in [0.1, 0.15) is 25.3 Å². The minimum absolute atomic E-state index is 0.295. The summed E-state index contributed by atoms with van der Waals surface area (Å²) in [5.74, 6) is 0.377. The van der Waals surface area contributed by atoms with Crippen molar-refractivity contribution in [1.29, 1.82) is 0 Å². The zero-order valence-corrected chi connectivity index (χ0v) is 12.7. The third-order valence-corrected chi connectivity index (χ3v) is 2.70. The second kappa shape index (κ2) is 9.07. The Labute approximate surface area is 128 Å². The number of amides is 1. The molecule has 1 N–H and O–H groups in total. The van der Waals surface area contributed by atoms with Crippen LogP contribution in [-0.2, 0) is 9.47 Å². The van der Waals surface area contributed by atoms with E-state index in [0.29, 0.717) is 17.4 Å². The first-order valence-corrected chi connectivity index (χ1v) is 6.92. The first-order valence-electron chi connectivity index (χ1n) is 6.54. The van der Waals surface area contributed by atoms with Crippen LogP contribution >= 0.6 is 11.6 Å². The van der Waals surface area contributed by atoms with Gasteiger partial charge in [0.05, 0.1) is 6.61 Å². The molecule has 1 aromatic rings. The molecule has 0 bridgehead atoms. The van der Waals surface area contributed by atoms with Crippen LogP contribution in [0.3, 0.4) is 0 Å². The number of benzene rings is 1. The maximum atomic E-state index is 11.5. The highest BCUT2D eigenvalue weighted by molar-refractivity contribution is 6.30. The molecule has 0 radical (unpaired) electrons. The lowest BCUT2D eigenvalue weighted by Crippen LogP contribution is -2.30. The number of rotatable bonds is 6. The lowest BCUT2D eigenvalue weighted by Gasteiger charge is -2.09. The van der Waals surface area contributed by atoms with Gasteiger partial charge in [-0.25, -0.2) is 9.59 Å². The smallest absolute Gasteiger partial charge is 0.434 e. The van der Waals surface area contributed by atoms with Crippen LogP contribution in [0.4, 0.5) is 9.59 Å². The van der Waals surface area contributed by atoms with E-state index in [1.165, 1.54) is 0 Å². The maximum absolute atomic E-state index is 11.5. The highest BCUT2D eigenvalue weighted by Gasteiger charge is 2.09. The molecule has 0 atom stereocenters. The van der Waals surface area contributed by atoms with Gasteiger partial charge in [0.2, 0.25) is 0 Å². The molecule has 1 aromatic carbocycles. The molecule has 0 heterocycles. The first kappa shape index (κ1) is 17.1. The molecule has 0 aliphatic heterocycles. The molecule has 0 aliphatic carbocycles. The van der Waals surface area contributed by atoms with E-state index in [2.05, 4.69) is 10.1 Å². The van der Waals surface area contributed by atoms with Gasteiger partial charge in [0, 0.05) is 5.02 Å². The molecule has 21 heavy (non-hydrogen) atoms. The van der Waals surface area contributed by atoms with Gasteiger partial charge in [0.25, 0.3) is 0 Å². The summed E-state index contributed by atoms with van der Waals surface area (Å²) >= 11 is 5.80. The summed E-state index contributed by atoms with van der Waals surface area (Å²) in [6, 6.07) is 4.86. The van der Waals surface area contributed by atoms with Gasteiger partial charge in [-0.3, -0.25) is 5.32 Å². The van der Waals surface area contributed by atoms with Gasteiger partial charge in [-0.05, 0) is 37.1 Å². The minimum atomic E-state index is -0.827. The van der Waals surface area contributed by atoms with Crippen molar-refractivity contribution in [2.24, 2.45) is 0 Å². The first-order chi connectivity index (χ1) is 10.0. The predicted octanol–water partition coefficient (Wildman–Crippen LogP) is 3.65. The molecule has 1 amide bonds. The summed E-state index contributed by atoms with van der Waals surface area (Å²) in [4.78, 5) is 22.6. The topological polar surface area (TPSA) is 73.9 Å². The quantitative estimate of drug-likeness (QED) is 0.493. The number of ether oxygens (including phenoxy) is 3. The molecular weight excluding hydrogens is 298 g/mol. The van der Waals surface area contributed by atoms with Gasteiger partial charge in [0.1, 0.15) is 5.75 Å². The molecule has 0 spiro atoms. The van der Waals surface area contributed by atoms with Crippen molar-refractivity contribution in [1.82, 2.24) is 5.32 Å². The van der Waals surface area contributed by atoms with Gasteiger partial charge < -0.3 is 14.2 Å². The molecule has 6 nitrogen and oxygen atoms in total. The maximum Gasteiger partial charge on any atom is 0.510 e. The number of hydrogen-bond donors (Lipinski definition) is 1. The van der Waals surface area contributed by atoms with E-state index in [9.17, 15) is 9.59 Å². The number of halogens is 1. The van der Waals surface area contributed by atoms with Crippen molar-refractivity contribution >= 4 is 23.8 Å². The largest absolute Gasteiger partial charge is 0.510 e. The lowest BCUT2D eigenvalue weighted by atomic mass is 10.2. The molecule has 1 rings (SSSR count). The van der Waals surface area contributed by atoms with Crippen molar-refractivity contribution in [3.63, 3.8) is 0 Å². The Bertz CT molecular complexity index is 492. The van der Waals surface area contributed by atoms with Gasteiger partial charge in [-0.1, -0.05) is 24.9 Å². The van der Waals surface area contributed by atoms with Crippen molar-refractivity contribution < 1.29 is 23.8 Å².